The highest BCUT2D eigenvalue weighted by Crippen LogP contribution is 2.14. The van der Waals surface area contributed by atoms with Crippen LogP contribution in [0.2, 0.25) is 0 Å². The molecule has 0 heterocycles. The Kier molecular flexibility index (Phi) is 42.9. The van der Waals surface area contributed by atoms with Gasteiger partial charge in [0.2, 0.25) is 11.8 Å². The van der Waals surface area contributed by atoms with Crippen molar-refractivity contribution in [2.24, 2.45) is 5.92 Å². The van der Waals surface area contributed by atoms with Crippen LogP contribution in [0.4, 0.5) is 0 Å². The Labute approximate surface area is 318 Å². The lowest BCUT2D eigenvalue weighted by molar-refractivity contribution is -0.142. The predicted octanol–water partition coefficient (Wildman–Crippen LogP) is 5.38. The van der Waals surface area contributed by atoms with Crippen molar-refractivity contribution in [3.8, 4) is 0 Å². The molecule has 0 rings (SSSR count). The minimum Gasteiger partial charge on any atom is -0.481 e. The van der Waals surface area contributed by atoms with E-state index in [0.29, 0.717) is 19.4 Å². The van der Waals surface area contributed by atoms with Crippen molar-refractivity contribution < 1.29 is 58.7 Å². The molecule has 14 nitrogen and oxygen atoms in total. The van der Waals surface area contributed by atoms with E-state index >= 15 is 0 Å². The molecule has 0 saturated heterocycles. The van der Waals surface area contributed by atoms with Gasteiger partial charge in [-0.2, -0.15) is 0 Å². The number of amides is 2. The van der Waals surface area contributed by atoms with Gasteiger partial charge in [0, 0.05) is 44.8 Å². The van der Waals surface area contributed by atoms with Crippen LogP contribution >= 0.6 is 0 Å². The Morgan fingerprint density at radius 2 is 1.08 bits per heavy atom. The number of Topliss-reactive ketones (excluding diaryl/α,β-unsaturated/α-hetero) is 2. The van der Waals surface area contributed by atoms with Gasteiger partial charge < -0.3 is 40.5 Å². The molecule has 0 aromatic rings. The zero-order valence-electron chi connectivity index (χ0n) is 33.3. The van der Waals surface area contributed by atoms with Crippen molar-refractivity contribution in [1.82, 2.24) is 10.6 Å². The summed E-state index contributed by atoms with van der Waals surface area (Å²) in [5, 5.41) is 39.8. The molecule has 6 N–H and O–H groups in total. The van der Waals surface area contributed by atoms with Crippen LogP contribution in [0.1, 0.15) is 156 Å². The van der Waals surface area contributed by atoms with E-state index in [4.69, 9.17) is 24.8 Å². The number of ether oxygens (including phenoxy) is 2. The van der Waals surface area contributed by atoms with Crippen LogP contribution < -0.4 is 10.6 Å². The van der Waals surface area contributed by atoms with E-state index in [1.54, 1.807) is 13.8 Å². The van der Waals surface area contributed by atoms with Gasteiger partial charge in [0.1, 0.15) is 25.0 Å². The number of nitrogens with one attached hydrogen (secondary N) is 2. The zero-order chi connectivity index (χ0) is 40.5. The lowest BCUT2D eigenvalue weighted by Gasteiger charge is -2.14. The van der Waals surface area contributed by atoms with Crippen LogP contribution in [0.15, 0.2) is 0 Å². The highest BCUT2D eigenvalue weighted by Gasteiger charge is 2.20. The van der Waals surface area contributed by atoms with Gasteiger partial charge in [0.15, 0.2) is 5.78 Å². The minimum atomic E-state index is -1.14. The zero-order valence-corrected chi connectivity index (χ0v) is 33.3. The number of carbonyl (C=O) groups is 6. The monoisotopic (exact) mass is 763 g/mol. The van der Waals surface area contributed by atoms with Crippen molar-refractivity contribution in [1.29, 1.82) is 0 Å². The number of carbonyl (C=O) groups excluding carboxylic acids is 4. The number of aliphatic carboxylic acids is 2. The molecule has 0 fully saturated rings. The van der Waals surface area contributed by atoms with E-state index in [2.05, 4.69) is 10.6 Å². The first-order chi connectivity index (χ1) is 25.4. The molecule has 0 saturated carbocycles. The van der Waals surface area contributed by atoms with Crippen molar-refractivity contribution >= 4 is 35.3 Å². The maximum atomic E-state index is 12.2. The topological polar surface area (TPSA) is 226 Å². The number of unbranched alkanes of at least 4 members (excludes halogenated alkanes) is 13. The number of aliphatic hydroxyl groups excluding tert-OH is 2. The fraction of sp³-hybridized carbons (Fsp3) is 0.846. The molecule has 2 amide bonds. The summed E-state index contributed by atoms with van der Waals surface area (Å²) in [6, 6.07) is -1.08. The van der Waals surface area contributed by atoms with Gasteiger partial charge >= 0.3 is 11.9 Å². The second-order valence-electron chi connectivity index (χ2n) is 13.0. The van der Waals surface area contributed by atoms with E-state index in [1.807, 2.05) is 13.8 Å². The van der Waals surface area contributed by atoms with E-state index in [9.17, 15) is 33.9 Å². The van der Waals surface area contributed by atoms with Crippen LogP contribution in [0.3, 0.4) is 0 Å². The molecule has 0 aliphatic heterocycles. The van der Waals surface area contributed by atoms with Crippen molar-refractivity contribution in [3.63, 3.8) is 0 Å². The molecular weight excluding hydrogens is 688 g/mol. The summed E-state index contributed by atoms with van der Waals surface area (Å²) in [5.74, 6) is -2.68. The Hall–Kier alpha value is -2.94. The summed E-state index contributed by atoms with van der Waals surface area (Å²) < 4.78 is 10.5. The summed E-state index contributed by atoms with van der Waals surface area (Å²) in [4.78, 5) is 67.9. The summed E-state index contributed by atoms with van der Waals surface area (Å²) in [5.41, 5.74) is 0. The quantitative estimate of drug-likeness (QED) is 0.0448. The van der Waals surface area contributed by atoms with Crippen molar-refractivity contribution in [3.05, 3.63) is 0 Å². The molecule has 0 aromatic heterocycles. The average molecular weight is 763 g/mol. The Morgan fingerprint density at radius 3 is 1.51 bits per heavy atom. The summed E-state index contributed by atoms with van der Waals surface area (Å²) >= 11 is 0. The molecule has 0 unspecified atom stereocenters. The molecule has 0 aliphatic rings. The lowest BCUT2D eigenvalue weighted by atomic mass is 10.0. The Bertz CT molecular complexity index is 930. The maximum absolute atomic E-state index is 12.2. The SMILES string of the molecule is CC.CC(C)C(=O)CO.O=C(O)CCCCCCCCCCCCCCCCC(=O)N[C@@H](CCC(=O)CCCOCCOCC(=O)NCCO)C(=O)O. The highest BCUT2D eigenvalue weighted by atomic mass is 16.5. The third kappa shape index (κ3) is 43.4. The number of aliphatic hydroxyl groups is 2. The number of hydrogen-bond acceptors (Lipinski definition) is 10. The smallest absolute Gasteiger partial charge is 0.326 e. The second-order valence-corrected chi connectivity index (χ2v) is 13.0. The lowest BCUT2D eigenvalue weighted by Crippen LogP contribution is -2.41. The maximum Gasteiger partial charge on any atom is 0.326 e. The third-order valence-electron chi connectivity index (χ3n) is 7.97. The number of carboxylic acid groups (broad SMARTS) is 2. The number of hydrogen-bond donors (Lipinski definition) is 6. The second kappa shape index (κ2) is 41.8. The fourth-order valence-electron chi connectivity index (χ4n) is 4.82. The Balaban J connectivity index is -0.00000246. The number of ketones is 2. The Morgan fingerprint density at radius 1 is 0.585 bits per heavy atom. The minimum absolute atomic E-state index is 0.0231. The standard InChI is InChI=1S/C32H58N2O10.C5H10O2.C2H6/c35-22-21-33-30(38)26-44-25-24-43-23-15-16-27(36)19-20-28(32(41)42)34-29(37)17-13-11-9-7-5-3-1-2-4-6-8-10-12-14-18-31(39)40;1-4(2)5(7)3-6;1-2/h28,35H,1-26H2,(H,33,38)(H,34,37)(H,39,40)(H,41,42);4,6H,3H2,1-2H3;1-2H3/t28-;;/m0../s1. The summed E-state index contributed by atoms with van der Waals surface area (Å²) in [6.07, 6.45) is 16.7. The van der Waals surface area contributed by atoms with E-state index in [0.717, 1.165) is 38.5 Å². The normalized spacial score (nSPS) is 11.1. The van der Waals surface area contributed by atoms with Gasteiger partial charge in [-0.3, -0.25) is 24.0 Å². The van der Waals surface area contributed by atoms with Gasteiger partial charge in [-0.25, -0.2) is 4.79 Å². The van der Waals surface area contributed by atoms with Gasteiger partial charge in [0.25, 0.3) is 0 Å². The summed E-state index contributed by atoms with van der Waals surface area (Å²) in [6.45, 7) is 7.97. The highest BCUT2D eigenvalue weighted by molar-refractivity contribution is 5.84. The molecule has 1 atom stereocenters. The number of carboxylic acids is 2. The third-order valence-corrected chi connectivity index (χ3v) is 7.97. The van der Waals surface area contributed by atoms with Crippen LogP contribution in [-0.2, 0) is 38.2 Å². The molecule has 0 aromatic carbocycles. The first-order valence-electron chi connectivity index (χ1n) is 19.9. The fourth-order valence-corrected chi connectivity index (χ4v) is 4.82. The average Bonchev–Trinajstić information content (AvgIpc) is 3.13. The van der Waals surface area contributed by atoms with Gasteiger partial charge in [-0.15, -0.1) is 0 Å². The molecule has 14 heteroatoms. The molecule has 53 heavy (non-hydrogen) atoms. The molecule has 0 aliphatic carbocycles. The van der Waals surface area contributed by atoms with Gasteiger partial charge in [0.05, 0.1) is 19.8 Å². The molecule has 0 bridgehead atoms. The van der Waals surface area contributed by atoms with E-state index in [1.165, 1.54) is 44.9 Å². The van der Waals surface area contributed by atoms with Crippen LogP contribution in [0, 0.1) is 5.92 Å². The summed E-state index contributed by atoms with van der Waals surface area (Å²) in [7, 11) is 0. The van der Waals surface area contributed by atoms with E-state index < -0.39 is 18.0 Å². The molecule has 0 spiro atoms. The van der Waals surface area contributed by atoms with Crippen LogP contribution in [-0.4, -0.2) is 108 Å². The molecule has 0 radical (unpaired) electrons. The molecule has 312 valence electrons. The van der Waals surface area contributed by atoms with Crippen molar-refractivity contribution in [2.75, 3.05) is 46.2 Å². The van der Waals surface area contributed by atoms with Gasteiger partial charge in [-0.05, 0) is 25.7 Å². The number of rotatable bonds is 35. The van der Waals surface area contributed by atoms with Gasteiger partial charge in [-0.1, -0.05) is 105 Å². The first kappa shape index (κ1) is 54.4. The molecular formula is C39H74N2O12. The van der Waals surface area contributed by atoms with Crippen LogP contribution in [0.25, 0.3) is 0 Å². The van der Waals surface area contributed by atoms with Crippen LogP contribution in [0.5, 0.6) is 0 Å². The first-order valence-corrected chi connectivity index (χ1v) is 19.9. The largest absolute Gasteiger partial charge is 0.481 e. The van der Waals surface area contributed by atoms with E-state index in [-0.39, 0.29) is 101 Å². The predicted molar refractivity (Wildman–Crippen MR) is 205 cm³/mol. The van der Waals surface area contributed by atoms with Crippen molar-refractivity contribution in [2.45, 2.75) is 162 Å².